The fourth-order valence-electron chi connectivity index (χ4n) is 1.12. The number of amides is 1. The van der Waals surface area contributed by atoms with Crippen molar-refractivity contribution in [1.29, 1.82) is 0 Å². The molecule has 0 saturated heterocycles. The minimum absolute atomic E-state index is 0.111. The van der Waals surface area contributed by atoms with Crippen molar-refractivity contribution in [1.82, 2.24) is 4.90 Å². The van der Waals surface area contributed by atoms with Gasteiger partial charge in [0.2, 0.25) is 0 Å². The Kier molecular flexibility index (Phi) is 4.00. The average molecular weight is 259 g/mol. The third kappa shape index (κ3) is 3.51. The van der Waals surface area contributed by atoms with Crippen LogP contribution in [0.4, 0.5) is 18.0 Å². The summed E-state index contributed by atoms with van der Waals surface area (Å²) in [4.78, 5) is 12.4. The van der Waals surface area contributed by atoms with Gasteiger partial charge in [-0.05, 0) is 12.1 Å². The molecule has 0 unspecified atom stereocenters. The van der Waals surface area contributed by atoms with Crippen molar-refractivity contribution >= 4 is 11.9 Å². The molecule has 0 fully saturated rings. The number of benzene rings is 1. The maximum Gasteiger partial charge on any atom is 0.416 e. The Morgan fingerprint density at radius 3 is 2.44 bits per heavy atom. The van der Waals surface area contributed by atoms with Crippen LogP contribution >= 0.6 is 0 Å². The third-order valence-corrected chi connectivity index (χ3v) is 2.09. The fourth-order valence-corrected chi connectivity index (χ4v) is 1.12. The first-order valence-electron chi connectivity index (χ1n) is 4.97. The van der Waals surface area contributed by atoms with E-state index in [4.69, 9.17) is 4.74 Å². The largest absolute Gasteiger partial charge is 0.416 e. The second-order valence-corrected chi connectivity index (χ2v) is 3.76. The maximum atomic E-state index is 12.5. The Balaban J connectivity index is 2.91. The summed E-state index contributed by atoms with van der Waals surface area (Å²) in [6, 6.07) is 4.43. The summed E-state index contributed by atoms with van der Waals surface area (Å²) in [5.74, 6) is -0.125. The minimum Gasteiger partial charge on any atom is -0.410 e. The molecular weight excluding hydrogens is 247 g/mol. The second-order valence-electron chi connectivity index (χ2n) is 3.76. The van der Waals surface area contributed by atoms with Crippen molar-refractivity contribution in [2.75, 3.05) is 14.1 Å². The van der Waals surface area contributed by atoms with Gasteiger partial charge in [0.15, 0.2) is 0 Å². The van der Waals surface area contributed by atoms with Crippen molar-refractivity contribution in [2.24, 2.45) is 0 Å². The number of ether oxygens (including phenoxy) is 1. The lowest BCUT2D eigenvalue weighted by atomic mass is 10.1. The summed E-state index contributed by atoms with van der Waals surface area (Å²) < 4.78 is 42.2. The van der Waals surface area contributed by atoms with Crippen LogP contribution in [-0.2, 0) is 10.9 Å². The van der Waals surface area contributed by atoms with Gasteiger partial charge in [0.05, 0.1) is 5.56 Å². The molecule has 1 rings (SSSR count). The van der Waals surface area contributed by atoms with E-state index in [0.29, 0.717) is 0 Å². The maximum absolute atomic E-state index is 12.5. The highest BCUT2D eigenvalue weighted by molar-refractivity contribution is 5.75. The first-order chi connectivity index (χ1) is 8.21. The predicted molar refractivity (Wildman–Crippen MR) is 60.6 cm³/mol. The molecule has 0 heterocycles. The third-order valence-electron chi connectivity index (χ3n) is 2.09. The molecule has 98 valence electrons. The van der Waals surface area contributed by atoms with Crippen LogP contribution in [0, 0.1) is 0 Å². The van der Waals surface area contributed by atoms with Crippen LogP contribution in [0.15, 0.2) is 30.8 Å². The lowest BCUT2D eigenvalue weighted by Gasteiger charge is -2.13. The summed E-state index contributed by atoms with van der Waals surface area (Å²) in [7, 11) is 2.92. The first-order valence-corrected chi connectivity index (χ1v) is 4.97. The molecular formula is C12H12F3NO2. The van der Waals surface area contributed by atoms with Gasteiger partial charge in [-0.1, -0.05) is 18.7 Å². The van der Waals surface area contributed by atoms with Gasteiger partial charge in [0, 0.05) is 19.7 Å². The Morgan fingerprint density at radius 2 is 1.94 bits per heavy atom. The summed E-state index contributed by atoms with van der Waals surface area (Å²) in [5.41, 5.74) is -0.706. The van der Waals surface area contributed by atoms with Gasteiger partial charge in [0.25, 0.3) is 0 Å². The Hall–Kier alpha value is -1.98. The van der Waals surface area contributed by atoms with Crippen molar-refractivity contribution < 1.29 is 22.7 Å². The second kappa shape index (κ2) is 5.12. The summed E-state index contributed by atoms with van der Waals surface area (Å²) in [6.07, 6.45) is -5.14. The summed E-state index contributed by atoms with van der Waals surface area (Å²) in [6.45, 7) is 3.43. The van der Waals surface area contributed by atoms with Gasteiger partial charge in [-0.3, -0.25) is 0 Å². The van der Waals surface area contributed by atoms with E-state index in [2.05, 4.69) is 6.58 Å². The normalized spacial score (nSPS) is 10.9. The number of hydrogen-bond donors (Lipinski definition) is 0. The molecule has 0 N–H and O–H groups in total. The molecule has 0 aromatic heterocycles. The lowest BCUT2D eigenvalue weighted by molar-refractivity contribution is -0.137. The number of hydrogen-bond acceptors (Lipinski definition) is 2. The number of rotatable bonds is 2. The number of carbonyl (C=O) groups is 1. The van der Waals surface area contributed by atoms with E-state index in [1.165, 1.54) is 26.2 Å². The molecule has 0 bridgehead atoms. The van der Waals surface area contributed by atoms with Crippen LogP contribution in [-0.4, -0.2) is 25.1 Å². The Morgan fingerprint density at radius 1 is 1.33 bits per heavy atom. The van der Waals surface area contributed by atoms with Crippen molar-refractivity contribution in [2.45, 2.75) is 6.18 Å². The smallest absolute Gasteiger partial charge is 0.410 e. The number of alkyl halides is 3. The van der Waals surface area contributed by atoms with Crippen LogP contribution in [0.2, 0.25) is 0 Å². The minimum atomic E-state index is -4.44. The number of halogens is 3. The molecule has 0 saturated carbocycles. The van der Waals surface area contributed by atoms with Crippen LogP contribution in [0.3, 0.4) is 0 Å². The van der Waals surface area contributed by atoms with Crippen LogP contribution in [0.1, 0.15) is 11.1 Å². The topological polar surface area (TPSA) is 29.5 Å². The molecule has 0 aliphatic rings. The molecule has 0 aliphatic heterocycles. The molecule has 6 heteroatoms. The van der Waals surface area contributed by atoms with E-state index in [1.807, 2.05) is 0 Å². The molecule has 0 atom stereocenters. The Bertz CT molecular complexity index is 467. The van der Waals surface area contributed by atoms with Gasteiger partial charge in [-0.25, -0.2) is 4.79 Å². The highest BCUT2D eigenvalue weighted by Crippen LogP contribution is 2.30. The van der Waals surface area contributed by atoms with Gasteiger partial charge < -0.3 is 9.64 Å². The first kappa shape index (κ1) is 14.1. The highest BCUT2D eigenvalue weighted by atomic mass is 19.4. The molecule has 1 aromatic rings. The van der Waals surface area contributed by atoms with Gasteiger partial charge in [-0.2, -0.15) is 13.2 Å². The Labute approximate surface area is 102 Å². The van der Waals surface area contributed by atoms with Gasteiger partial charge >= 0.3 is 12.3 Å². The van der Waals surface area contributed by atoms with Crippen molar-refractivity contribution in [3.8, 4) is 0 Å². The van der Waals surface area contributed by atoms with Crippen molar-refractivity contribution in [3.05, 3.63) is 42.0 Å². The van der Waals surface area contributed by atoms with Gasteiger partial charge in [-0.15, -0.1) is 0 Å². The van der Waals surface area contributed by atoms with E-state index >= 15 is 0 Å². The number of carbonyl (C=O) groups excluding carboxylic acids is 1. The molecule has 0 aliphatic carbocycles. The summed E-state index contributed by atoms with van der Waals surface area (Å²) >= 11 is 0. The van der Waals surface area contributed by atoms with E-state index in [-0.39, 0.29) is 11.3 Å². The van der Waals surface area contributed by atoms with Crippen LogP contribution < -0.4 is 0 Å². The lowest BCUT2D eigenvalue weighted by Crippen LogP contribution is -2.22. The highest BCUT2D eigenvalue weighted by Gasteiger charge is 2.30. The van der Waals surface area contributed by atoms with Crippen molar-refractivity contribution in [3.63, 3.8) is 0 Å². The predicted octanol–water partition coefficient (Wildman–Crippen LogP) is 3.37. The van der Waals surface area contributed by atoms with E-state index < -0.39 is 17.8 Å². The molecule has 0 spiro atoms. The molecule has 0 radical (unpaired) electrons. The molecule has 3 nitrogen and oxygen atoms in total. The zero-order chi connectivity index (χ0) is 13.9. The SMILES string of the molecule is C=C(OC(=O)N(C)C)c1cccc(C(F)(F)F)c1. The average Bonchev–Trinajstić information content (AvgIpc) is 2.27. The number of nitrogens with zero attached hydrogens (tertiary/aromatic N) is 1. The quantitative estimate of drug-likeness (QED) is 0.762. The summed E-state index contributed by atoms with van der Waals surface area (Å²) in [5, 5.41) is 0. The molecule has 1 amide bonds. The monoisotopic (exact) mass is 259 g/mol. The fraction of sp³-hybridized carbons (Fsp3) is 0.250. The standard InChI is InChI=1S/C12H12F3NO2/c1-8(18-11(17)16(2)3)9-5-4-6-10(7-9)12(13,14)15/h4-7H,1H2,2-3H3. The molecule has 1 aromatic carbocycles. The van der Waals surface area contributed by atoms with Crippen LogP contribution in [0.25, 0.3) is 5.76 Å². The van der Waals surface area contributed by atoms with Crippen LogP contribution in [0.5, 0.6) is 0 Å². The van der Waals surface area contributed by atoms with Gasteiger partial charge in [0.1, 0.15) is 5.76 Å². The van der Waals surface area contributed by atoms with E-state index in [9.17, 15) is 18.0 Å². The zero-order valence-corrected chi connectivity index (χ0v) is 9.91. The van der Waals surface area contributed by atoms with E-state index in [1.54, 1.807) is 0 Å². The molecule has 18 heavy (non-hydrogen) atoms. The van der Waals surface area contributed by atoms with E-state index in [0.717, 1.165) is 17.0 Å². The zero-order valence-electron chi connectivity index (χ0n) is 9.91.